The Morgan fingerprint density at radius 1 is 1.09 bits per heavy atom. The van der Waals surface area contributed by atoms with Gasteiger partial charge in [0.15, 0.2) is 5.78 Å². The lowest BCUT2D eigenvalue weighted by Gasteiger charge is -2.38. The zero-order valence-corrected chi connectivity index (χ0v) is 23.2. The highest BCUT2D eigenvalue weighted by molar-refractivity contribution is 7.92. The average Bonchev–Trinajstić information content (AvgIpc) is 3.00. The Morgan fingerprint density at radius 2 is 1.64 bits per heavy atom. The number of carbonyl (C=O) groups is 3. The zero-order chi connectivity index (χ0) is 25.7. The zero-order valence-electron chi connectivity index (χ0n) is 22.4. The molecule has 2 rings (SSSR count). The second-order valence-electron chi connectivity index (χ2n) is 12.9. The van der Waals surface area contributed by atoms with Crippen molar-refractivity contribution in [1.82, 2.24) is 15.5 Å². The van der Waals surface area contributed by atoms with Crippen LogP contribution in [0.1, 0.15) is 76.2 Å². The van der Waals surface area contributed by atoms with Crippen LogP contribution in [0.5, 0.6) is 0 Å². The van der Waals surface area contributed by atoms with Gasteiger partial charge >= 0.3 is 6.03 Å². The lowest BCUT2D eigenvalue weighted by molar-refractivity contribution is -0.142. The molecule has 3 amide bonds. The summed E-state index contributed by atoms with van der Waals surface area (Å²) in [7, 11) is 0. The number of rotatable bonds is 7. The minimum atomic E-state index is -1.12. The Morgan fingerprint density at radius 3 is 2.06 bits per heavy atom. The molecule has 1 aliphatic carbocycles. The molecule has 0 bridgehead atoms. The highest BCUT2D eigenvalue weighted by Gasteiger charge is 2.69. The van der Waals surface area contributed by atoms with Crippen LogP contribution in [-0.4, -0.2) is 62.3 Å². The van der Waals surface area contributed by atoms with E-state index in [1.807, 2.05) is 55.4 Å². The third-order valence-corrected chi connectivity index (χ3v) is 9.46. The molecule has 0 radical (unpaired) electrons. The molecule has 0 aromatic carbocycles. The van der Waals surface area contributed by atoms with Crippen LogP contribution in [0.4, 0.5) is 4.79 Å². The fraction of sp³-hybridized carbons (Fsp3) is 0.880. The SMILES string of the molecule is CC(=O)[C@@H]1[C@@H]2[C@H](CN1C(=O)[C@@H](NC(=O)N[C@H](C[S+]([O-])C(C)(C)C)C(C)C)C(C)(C)C)C2(C)C. The van der Waals surface area contributed by atoms with Crippen molar-refractivity contribution in [3.05, 3.63) is 0 Å². The number of nitrogens with one attached hydrogen (secondary N) is 2. The van der Waals surface area contributed by atoms with Gasteiger partial charge in [-0.3, -0.25) is 9.59 Å². The van der Waals surface area contributed by atoms with Crippen LogP contribution in [0, 0.1) is 28.6 Å². The number of hydrogen-bond acceptors (Lipinski definition) is 4. The molecule has 1 heterocycles. The molecule has 8 heteroatoms. The van der Waals surface area contributed by atoms with Crippen LogP contribution >= 0.6 is 0 Å². The number of fused-ring (bicyclic) bond motifs is 1. The van der Waals surface area contributed by atoms with Crippen LogP contribution in [0.2, 0.25) is 0 Å². The molecule has 0 aromatic rings. The molecule has 2 fully saturated rings. The van der Waals surface area contributed by atoms with Gasteiger partial charge in [0.1, 0.15) is 16.5 Å². The van der Waals surface area contributed by atoms with Gasteiger partial charge in [0.05, 0.1) is 12.1 Å². The predicted octanol–water partition coefficient (Wildman–Crippen LogP) is 3.34. The quantitative estimate of drug-likeness (QED) is 0.542. The fourth-order valence-corrected chi connectivity index (χ4v) is 6.24. The highest BCUT2D eigenvalue weighted by atomic mass is 32.2. The Hall–Kier alpha value is -1.28. The first kappa shape index (κ1) is 28.0. The number of nitrogens with zero attached hydrogens (tertiary/aromatic N) is 1. The Kier molecular flexibility index (Phi) is 7.97. The predicted molar refractivity (Wildman–Crippen MR) is 133 cm³/mol. The second-order valence-corrected chi connectivity index (χ2v) is 15.1. The molecule has 1 saturated carbocycles. The molecule has 1 aliphatic heterocycles. The van der Waals surface area contributed by atoms with E-state index >= 15 is 0 Å². The molecule has 1 unspecified atom stereocenters. The summed E-state index contributed by atoms with van der Waals surface area (Å²) in [5, 5.41) is 5.84. The first-order valence-corrected chi connectivity index (χ1v) is 13.4. The summed E-state index contributed by atoms with van der Waals surface area (Å²) in [6, 6.07) is -1.94. The molecule has 33 heavy (non-hydrogen) atoms. The van der Waals surface area contributed by atoms with Crippen LogP contribution in [-0.2, 0) is 20.8 Å². The van der Waals surface area contributed by atoms with Crippen molar-refractivity contribution in [3.63, 3.8) is 0 Å². The topological polar surface area (TPSA) is 102 Å². The minimum Gasteiger partial charge on any atom is -0.616 e. The maximum Gasteiger partial charge on any atom is 0.315 e. The number of Topliss-reactive ketones (excluding diaryl/α,β-unsaturated/α-hetero) is 1. The molecule has 6 atom stereocenters. The van der Waals surface area contributed by atoms with Gasteiger partial charge in [0.25, 0.3) is 0 Å². The summed E-state index contributed by atoms with van der Waals surface area (Å²) < 4.78 is 12.3. The summed E-state index contributed by atoms with van der Waals surface area (Å²) in [4.78, 5) is 40.8. The number of likely N-dealkylation sites (tertiary alicyclic amines) is 1. The summed E-state index contributed by atoms with van der Waals surface area (Å²) in [6.07, 6.45) is 0. The molecule has 0 aromatic heterocycles. The van der Waals surface area contributed by atoms with Gasteiger partial charge in [0.2, 0.25) is 5.91 Å². The standard InChI is InChI=1S/C25H45N3O4S/c1-14(2)17(13-33(32)24(7,8)9)26-22(31)27-20(23(4,5)6)21(30)28-12-16-18(25(16,10)11)19(28)15(3)29/h14,16-20H,12-13H2,1-11H3,(H2,26,27,31)/t16-,17+,18-,19+,20+,33?/m0/s1. The van der Waals surface area contributed by atoms with E-state index in [1.165, 1.54) is 0 Å². The second kappa shape index (κ2) is 9.40. The van der Waals surface area contributed by atoms with Crippen LogP contribution in [0.15, 0.2) is 0 Å². The first-order chi connectivity index (χ1) is 14.8. The minimum absolute atomic E-state index is 0.00284. The first-order valence-electron chi connectivity index (χ1n) is 12.1. The van der Waals surface area contributed by atoms with Gasteiger partial charge in [-0.1, -0.05) is 48.5 Å². The number of ketones is 1. The Labute approximate surface area is 203 Å². The average molecular weight is 484 g/mol. The van der Waals surface area contributed by atoms with Crippen molar-refractivity contribution in [2.24, 2.45) is 28.6 Å². The molecule has 2 aliphatic rings. The van der Waals surface area contributed by atoms with Crippen LogP contribution in [0.25, 0.3) is 0 Å². The van der Waals surface area contributed by atoms with E-state index in [0.717, 1.165) is 0 Å². The molecule has 0 spiro atoms. The molecule has 190 valence electrons. The number of urea groups is 1. The Bertz CT molecular complexity index is 769. The fourth-order valence-electron chi connectivity index (χ4n) is 4.95. The molecule has 1 saturated heterocycles. The molecular weight excluding hydrogens is 438 g/mol. The lowest BCUT2D eigenvalue weighted by atomic mass is 9.85. The Balaban J connectivity index is 2.15. The van der Waals surface area contributed by atoms with Gasteiger partial charge in [0, 0.05) is 6.54 Å². The van der Waals surface area contributed by atoms with Gasteiger partial charge in [-0.05, 0) is 67.5 Å². The monoisotopic (exact) mass is 483 g/mol. The van der Waals surface area contributed by atoms with Crippen molar-refractivity contribution in [1.29, 1.82) is 0 Å². The number of amides is 3. The molecule has 7 nitrogen and oxygen atoms in total. The van der Waals surface area contributed by atoms with Gasteiger partial charge in [-0.2, -0.15) is 0 Å². The van der Waals surface area contributed by atoms with E-state index in [2.05, 4.69) is 24.5 Å². The normalized spacial score (nSPS) is 26.9. The van der Waals surface area contributed by atoms with Crippen LogP contribution in [0.3, 0.4) is 0 Å². The van der Waals surface area contributed by atoms with E-state index in [0.29, 0.717) is 18.2 Å². The smallest absolute Gasteiger partial charge is 0.315 e. The van der Waals surface area contributed by atoms with Crippen molar-refractivity contribution in [2.45, 2.75) is 99.0 Å². The molecule has 2 N–H and O–H groups in total. The summed E-state index contributed by atoms with van der Waals surface area (Å²) >= 11 is -1.12. The lowest BCUT2D eigenvalue weighted by Crippen LogP contribution is -2.60. The van der Waals surface area contributed by atoms with Crippen molar-refractivity contribution >= 4 is 28.9 Å². The molecular formula is C25H45N3O4S. The number of piperidine rings is 1. The van der Waals surface area contributed by atoms with Crippen molar-refractivity contribution in [2.75, 3.05) is 12.3 Å². The van der Waals surface area contributed by atoms with E-state index in [1.54, 1.807) is 11.8 Å². The summed E-state index contributed by atoms with van der Waals surface area (Å²) in [5.41, 5.74) is -0.470. The van der Waals surface area contributed by atoms with E-state index in [-0.39, 0.29) is 39.7 Å². The maximum atomic E-state index is 13.6. The third-order valence-electron chi connectivity index (χ3n) is 7.43. The van der Waals surface area contributed by atoms with E-state index < -0.39 is 34.7 Å². The van der Waals surface area contributed by atoms with Gasteiger partial charge in [-0.15, -0.1) is 0 Å². The van der Waals surface area contributed by atoms with E-state index in [4.69, 9.17) is 0 Å². The van der Waals surface area contributed by atoms with E-state index in [9.17, 15) is 18.9 Å². The highest BCUT2D eigenvalue weighted by Crippen LogP contribution is 2.65. The van der Waals surface area contributed by atoms with Gasteiger partial charge in [-0.25, -0.2) is 4.79 Å². The van der Waals surface area contributed by atoms with Crippen molar-refractivity contribution in [3.8, 4) is 0 Å². The summed E-state index contributed by atoms with van der Waals surface area (Å²) in [6.45, 7) is 21.9. The largest absolute Gasteiger partial charge is 0.616 e. The number of carbonyl (C=O) groups excluding carboxylic acids is 3. The summed E-state index contributed by atoms with van der Waals surface area (Å²) in [5.74, 6) is 0.734. The van der Waals surface area contributed by atoms with Crippen LogP contribution < -0.4 is 10.6 Å². The van der Waals surface area contributed by atoms with Crippen molar-refractivity contribution < 1.29 is 18.9 Å². The van der Waals surface area contributed by atoms with Gasteiger partial charge < -0.3 is 20.1 Å². The number of hydrogen-bond donors (Lipinski definition) is 2. The maximum absolute atomic E-state index is 13.6. The third kappa shape index (κ3) is 6.05.